The summed E-state index contributed by atoms with van der Waals surface area (Å²) in [5, 5.41) is 13.8. The van der Waals surface area contributed by atoms with Crippen LogP contribution in [0.5, 0.6) is 0 Å². The van der Waals surface area contributed by atoms with Crippen molar-refractivity contribution >= 4 is 33.1 Å². The van der Waals surface area contributed by atoms with Gasteiger partial charge in [-0.25, -0.2) is 4.79 Å². The average Bonchev–Trinajstić information content (AvgIpc) is 2.50. The minimum absolute atomic E-state index is 0.385. The van der Waals surface area contributed by atoms with Gasteiger partial charge in [0.2, 0.25) is 0 Å². The molecule has 0 saturated carbocycles. The Hall–Kier alpha value is -2.61. The molecule has 0 aliphatic rings. The van der Waals surface area contributed by atoms with Crippen molar-refractivity contribution in [2.75, 3.05) is 0 Å². The predicted octanol–water partition coefficient (Wildman–Crippen LogP) is 4.87. The molecule has 0 bridgehead atoms. The Balaban J connectivity index is 2.36. The van der Waals surface area contributed by atoms with E-state index >= 15 is 0 Å². The molecule has 0 fully saturated rings. The van der Waals surface area contributed by atoms with Crippen LogP contribution in [0.4, 0.5) is 0 Å². The molecule has 2 nitrogen and oxygen atoms in total. The maximum atomic E-state index is 11.2. The van der Waals surface area contributed by atoms with E-state index in [0.29, 0.717) is 5.57 Å². The van der Waals surface area contributed by atoms with Crippen LogP contribution in [-0.4, -0.2) is 11.1 Å². The monoisotopic (exact) mass is 276 g/mol. The van der Waals surface area contributed by atoms with Gasteiger partial charge in [0.1, 0.15) is 0 Å². The first kappa shape index (κ1) is 13.4. The number of benzene rings is 3. The summed E-state index contributed by atoms with van der Waals surface area (Å²) in [7, 11) is 0. The Morgan fingerprint density at radius 1 is 0.857 bits per heavy atom. The summed E-state index contributed by atoms with van der Waals surface area (Å²) in [5.74, 6) is -0.870. The molecule has 0 heterocycles. The number of rotatable bonds is 2. The van der Waals surface area contributed by atoms with Crippen molar-refractivity contribution in [3.05, 3.63) is 65.7 Å². The molecular formula is C19H16O2. The highest BCUT2D eigenvalue weighted by Crippen LogP contribution is 2.30. The van der Waals surface area contributed by atoms with E-state index in [9.17, 15) is 9.90 Å². The molecule has 3 rings (SSSR count). The fourth-order valence-electron chi connectivity index (χ4n) is 2.66. The zero-order valence-electron chi connectivity index (χ0n) is 12.1. The van der Waals surface area contributed by atoms with Gasteiger partial charge in [0.15, 0.2) is 0 Å². The van der Waals surface area contributed by atoms with Gasteiger partial charge in [-0.1, -0.05) is 42.5 Å². The molecule has 0 unspecified atom stereocenters. The van der Waals surface area contributed by atoms with Crippen LogP contribution < -0.4 is 0 Å². The van der Waals surface area contributed by atoms with Gasteiger partial charge in [0.05, 0.1) is 0 Å². The first-order valence-corrected chi connectivity index (χ1v) is 6.90. The lowest BCUT2D eigenvalue weighted by atomic mass is 9.94. The normalized spacial score (nSPS) is 12.5. The lowest BCUT2D eigenvalue weighted by molar-refractivity contribution is -0.132. The van der Waals surface area contributed by atoms with Crippen molar-refractivity contribution in [3.63, 3.8) is 0 Å². The first-order chi connectivity index (χ1) is 10.1. The third-order valence-corrected chi connectivity index (χ3v) is 4.03. The number of hydrogen-bond acceptors (Lipinski definition) is 1. The summed E-state index contributed by atoms with van der Waals surface area (Å²) in [6.45, 7) is 3.52. The summed E-state index contributed by atoms with van der Waals surface area (Å²) in [5.41, 5.74) is 2.18. The van der Waals surface area contributed by atoms with E-state index < -0.39 is 5.97 Å². The summed E-state index contributed by atoms with van der Waals surface area (Å²) in [6, 6.07) is 18.5. The number of hydrogen-bond donors (Lipinski definition) is 1. The van der Waals surface area contributed by atoms with Crippen LogP contribution >= 0.6 is 0 Å². The number of carboxylic acids is 1. The molecule has 0 radical (unpaired) electrons. The van der Waals surface area contributed by atoms with Crippen LogP contribution in [0.15, 0.2) is 60.2 Å². The van der Waals surface area contributed by atoms with E-state index in [1.54, 1.807) is 6.92 Å². The summed E-state index contributed by atoms with van der Waals surface area (Å²) in [4.78, 5) is 11.2. The van der Waals surface area contributed by atoms with Crippen LogP contribution in [0, 0.1) is 0 Å². The van der Waals surface area contributed by atoms with Gasteiger partial charge in [0.25, 0.3) is 0 Å². The second-order valence-corrected chi connectivity index (χ2v) is 5.28. The molecule has 0 atom stereocenters. The Labute approximate surface area is 123 Å². The topological polar surface area (TPSA) is 37.3 Å². The Morgan fingerprint density at radius 3 is 2.14 bits per heavy atom. The fraction of sp³-hybridized carbons (Fsp3) is 0.105. The summed E-state index contributed by atoms with van der Waals surface area (Å²) < 4.78 is 0. The molecule has 0 aliphatic carbocycles. The smallest absolute Gasteiger partial charge is 0.331 e. The molecule has 0 spiro atoms. The van der Waals surface area contributed by atoms with E-state index in [4.69, 9.17) is 0 Å². The zero-order valence-corrected chi connectivity index (χ0v) is 12.1. The molecule has 1 N–H and O–H groups in total. The van der Waals surface area contributed by atoms with Gasteiger partial charge in [0, 0.05) is 5.57 Å². The van der Waals surface area contributed by atoms with Gasteiger partial charge in [-0.15, -0.1) is 0 Å². The van der Waals surface area contributed by atoms with Crippen molar-refractivity contribution in [2.45, 2.75) is 13.8 Å². The largest absolute Gasteiger partial charge is 0.478 e. The van der Waals surface area contributed by atoms with Gasteiger partial charge in [-0.2, -0.15) is 0 Å². The third kappa shape index (κ3) is 2.29. The number of aliphatic carboxylic acids is 1. The van der Waals surface area contributed by atoms with Crippen molar-refractivity contribution in [3.8, 4) is 0 Å². The number of fused-ring (bicyclic) bond motifs is 2. The maximum absolute atomic E-state index is 11.2. The SMILES string of the molecule is C/C(C(=O)O)=C(/C)c1cccc2cc3ccccc3cc12. The molecule has 2 heteroatoms. The van der Waals surface area contributed by atoms with E-state index in [-0.39, 0.29) is 0 Å². The van der Waals surface area contributed by atoms with Crippen molar-refractivity contribution in [2.24, 2.45) is 0 Å². The highest BCUT2D eigenvalue weighted by Gasteiger charge is 2.10. The second kappa shape index (κ2) is 5.06. The van der Waals surface area contributed by atoms with E-state index in [1.807, 2.05) is 31.2 Å². The molecule has 3 aromatic rings. The van der Waals surface area contributed by atoms with Crippen LogP contribution in [0.25, 0.3) is 27.1 Å². The minimum atomic E-state index is -0.870. The zero-order chi connectivity index (χ0) is 15.0. The lowest BCUT2D eigenvalue weighted by Gasteiger charge is -2.10. The van der Waals surface area contributed by atoms with E-state index in [0.717, 1.165) is 21.9 Å². The molecule has 3 aromatic carbocycles. The standard InChI is InChI=1S/C19H16O2/c1-12(13(2)19(20)21)17-9-5-8-16-10-14-6-3-4-7-15(14)11-18(16)17/h3-11H,1-2H3,(H,20,21)/b13-12+. The Kier molecular flexibility index (Phi) is 3.22. The van der Waals surface area contributed by atoms with Crippen molar-refractivity contribution < 1.29 is 9.90 Å². The van der Waals surface area contributed by atoms with Gasteiger partial charge < -0.3 is 5.11 Å². The maximum Gasteiger partial charge on any atom is 0.331 e. The second-order valence-electron chi connectivity index (χ2n) is 5.28. The number of allylic oxidation sites excluding steroid dienone is 1. The molecule has 0 amide bonds. The van der Waals surface area contributed by atoms with E-state index in [1.165, 1.54) is 10.8 Å². The molecule has 0 aromatic heterocycles. The lowest BCUT2D eigenvalue weighted by Crippen LogP contribution is -1.99. The molecule has 104 valence electrons. The summed E-state index contributed by atoms with van der Waals surface area (Å²) in [6.07, 6.45) is 0. The number of carboxylic acid groups (broad SMARTS) is 1. The van der Waals surface area contributed by atoms with Crippen LogP contribution in [0.2, 0.25) is 0 Å². The Bertz CT molecular complexity index is 888. The first-order valence-electron chi connectivity index (χ1n) is 6.90. The quantitative estimate of drug-likeness (QED) is 0.535. The van der Waals surface area contributed by atoms with Crippen LogP contribution in [0.3, 0.4) is 0 Å². The minimum Gasteiger partial charge on any atom is -0.478 e. The summed E-state index contributed by atoms with van der Waals surface area (Å²) >= 11 is 0. The Morgan fingerprint density at radius 2 is 1.48 bits per heavy atom. The third-order valence-electron chi connectivity index (χ3n) is 4.03. The highest BCUT2D eigenvalue weighted by molar-refractivity contribution is 6.05. The predicted molar refractivity (Wildman–Crippen MR) is 87.4 cm³/mol. The van der Waals surface area contributed by atoms with Crippen molar-refractivity contribution in [1.82, 2.24) is 0 Å². The average molecular weight is 276 g/mol. The van der Waals surface area contributed by atoms with Gasteiger partial charge in [-0.3, -0.25) is 0 Å². The van der Waals surface area contributed by atoms with Crippen molar-refractivity contribution in [1.29, 1.82) is 0 Å². The van der Waals surface area contributed by atoms with Crippen LogP contribution in [0.1, 0.15) is 19.4 Å². The van der Waals surface area contributed by atoms with E-state index in [2.05, 4.69) is 30.3 Å². The van der Waals surface area contributed by atoms with Gasteiger partial charge >= 0.3 is 5.97 Å². The molecule has 21 heavy (non-hydrogen) atoms. The highest BCUT2D eigenvalue weighted by atomic mass is 16.4. The molecule has 0 aliphatic heterocycles. The fourth-order valence-corrected chi connectivity index (χ4v) is 2.66. The van der Waals surface area contributed by atoms with Crippen LogP contribution in [-0.2, 0) is 4.79 Å². The molecular weight excluding hydrogens is 260 g/mol. The number of carbonyl (C=O) groups is 1. The van der Waals surface area contributed by atoms with Gasteiger partial charge in [-0.05, 0) is 58.7 Å². The molecule has 0 saturated heterocycles.